The van der Waals surface area contributed by atoms with E-state index in [-0.39, 0.29) is 11.8 Å². The Bertz CT molecular complexity index is 1090. The summed E-state index contributed by atoms with van der Waals surface area (Å²) < 4.78 is 0. The van der Waals surface area contributed by atoms with Gasteiger partial charge in [-0.15, -0.1) is 23.1 Å². The molecule has 1 saturated carbocycles. The van der Waals surface area contributed by atoms with E-state index in [0.717, 1.165) is 29.1 Å². The van der Waals surface area contributed by atoms with Crippen molar-refractivity contribution in [2.75, 3.05) is 11.1 Å². The van der Waals surface area contributed by atoms with Crippen LogP contribution in [-0.4, -0.2) is 28.6 Å². The van der Waals surface area contributed by atoms with E-state index in [1.54, 1.807) is 35.6 Å². The molecule has 2 aromatic carbocycles. The minimum absolute atomic E-state index is 0.0869. The molecule has 166 valence electrons. The molecule has 5 nitrogen and oxygen atoms in total. The molecule has 0 saturated heterocycles. The van der Waals surface area contributed by atoms with Gasteiger partial charge in [-0.1, -0.05) is 44.2 Å². The molecule has 1 aliphatic rings. The van der Waals surface area contributed by atoms with E-state index in [4.69, 9.17) is 4.98 Å². The van der Waals surface area contributed by atoms with E-state index in [9.17, 15) is 9.59 Å². The highest BCUT2D eigenvalue weighted by Crippen LogP contribution is 2.27. The van der Waals surface area contributed by atoms with Gasteiger partial charge in [-0.25, -0.2) is 4.98 Å². The van der Waals surface area contributed by atoms with E-state index in [1.165, 1.54) is 17.3 Å². The van der Waals surface area contributed by atoms with E-state index in [0.29, 0.717) is 34.7 Å². The summed E-state index contributed by atoms with van der Waals surface area (Å²) in [6, 6.07) is 15.9. The molecule has 3 aromatic rings. The summed E-state index contributed by atoms with van der Waals surface area (Å²) in [7, 11) is 0. The molecular formula is C25H27N3O2S2. The lowest BCUT2D eigenvalue weighted by Crippen LogP contribution is -2.25. The molecule has 2 amide bonds. The molecule has 7 heteroatoms. The lowest BCUT2D eigenvalue weighted by Gasteiger charge is -2.08. The van der Waals surface area contributed by atoms with Crippen molar-refractivity contribution >= 4 is 40.6 Å². The van der Waals surface area contributed by atoms with Crippen LogP contribution in [0.3, 0.4) is 0 Å². The fourth-order valence-corrected chi connectivity index (χ4v) is 4.84. The van der Waals surface area contributed by atoms with Crippen LogP contribution in [0.2, 0.25) is 0 Å². The van der Waals surface area contributed by atoms with E-state index >= 15 is 0 Å². The van der Waals surface area contributed by atoms with Gasteiger partial charge in [-0.3, -0.25) is 9.59 Å². The fourth-order valence-electron chi connectivity index (χ4n) is 3.20. The second-order valence-corrected chi connectivity index (χ2v) is 10.1. The van der Waals surface area contributed by atoms with Gasteiger partial charge in [-0.2, -0.15) is 0 Å². The molecule has 0 aliphatic heterocycles. The Labute approximate surface area is 197 Å². The minimum atomic E-state index is -0.0884. The lowest BCUT2D eigenvalue weighted by molar-refractivity contribution is -0.113. The standard InChI is InChI=1S/C25H27N3O2S2/c1-16(2)17-6-8-18(9-7-17)25-28-22(14-32-25)13-31-15-23(29)26-21-5-3-4-19(12-21)24(30)27-20-10-11-20/h3-9,12,14,16,20H,10-11,13,15H2,1-2H3,(H,26,29)(H,27,30). The molecular weight excluding hydrogens is 438 g/mol. The SMILES string of the molecule is CC(C)c1ccc(-c2nc(CSCC(=O)Nc3cccc(C(=O)NC4CC4)c3)cs2)cc1. The molecule has 4 rings (SSSR count). The van der Waals surface area contributed by atoms with Gasteiger partial charge in [0.05, 0.1) is 11.4 Å². The van der Waals surface area contributed by atoms with Crippen LogP contribution < -0.4 is 10.6 Å². The third-order valence-corrected chi connectivity index (χ3v) is 7.09. The predicted octanol–water partition coefficient (Wildman–Crippen LogP) is 5.70. The Morgan fingerprint density at radius 3 is 2.66 bits per heavy atom. The number of nitrogens with one attached hydrogen (secondary N) is 2. The van der Waals surface area contributed by atoms with Crippen molar-refractivity contribution in [2.45, 2.75) is 44.4 Å². The number of thioether (sulfide) groups is 1. The topological polar surface area (TPSA) is 71.1 Å². The molecule has 1 heterocycles. The molecule has 32 heavy (non-hydrogen) atoms. The molecule has 0 unspecified atom stereocenters. The van der Waals surface area contributed by atoms with Crippen molar-refractivity contribution in [3.63, 3.8) is 0 Å². The predicted molar refractivity (Wildman–Crippen MR) is 133 cm³/mol. The van der Waals surface area contributed by atoms with Gasteiger partial charge in [0.1, 0.15) is 5.01 Å². The number of rotatable bonds is 9. The van der Waals surface area contributed by atoms with Gasteiger partial charge in [0.25, 0.3) is 5.91 Å². The highest BCUT2D eigenvalue weighted by atomic mass is 32.2. The Morgan fingerprint density at radius 2 is 1.94 bits per heavy atom. The monoisotopic (exact) mass is 465 g/mol. The minimum Gasteiger partial charge on any atom is -0.349 e. The second-order valence-electron chi connectivity index (χ2n) is 8.29. The summed E-state index contributed by atoms with van der Waals surface area (Å²) in [6.45, 7) is 4.37. The lowest BCUT2D eigenvalue weighted by atomic mass is 10.0. The molecule has 1 aromatic heterocycles. The number of benzene rings is 2. The van der Waals surface area contributed by atoms with Crippen molar-refractivity contribution in [3.8, 4) is 10.6 Å². The van der Waals surface area contributed by atoms with Crippen LogP contribution in [0.15, 0.2) is 53.9 Å². The van der Waals surface area contributed by atoms with Crippen LogP contribution in [0.4, 0.5) is 5.69 Å². The van der Waals surface area contributed by atoms with Crippen LogP contribution in [0.5, 0.6) is 0 Å². The smallest absolute Gasteiger partial charge is 0.251 e. The van der Waals surface area contributed by atoms with E-state index < -0.39 is 0 Å². The van der Waals surface area contributed by atoms with Crippen LogP contribution in [-0.2, 0) is 10.5 Å². The number of carbonyl (C=O) groups is 2. The van der Waals surface area contributed by atoms with Gasteiger partial charge in [-0.05, 0) is 42.5 Å². The molecule has 0 spiro atoms. The number of amides is 2. The molecule has 0 atom stereocenters. The Balaban J connectivity index is 1.25. The Hall–Kier alpha value is -2.64. The molecule has 1 aliphatic carbocycles. The summed E-state index contributed by atoms with van der Waals surface area (Å²) in [5, 5.41) is 8.90. The highest BCUT2D eigenvalue weighted by Gasteiger charge is 2.23. The van der Waals surface area contributed by atoms with Gasteiger partial charge in [0.15, 0.2) is 0 Å². The third kappa shape index (κ3) is 6.20. The van der Waals surface area contributed by atoms with Gasteiger partial charge in [0.2, 0.25) is 5.91 Å². The maximum Gasteiger partial charge on any atom is 0.251 e. The number of hydrogen-bond acceptors (Lipinski definition) is 5. The van der Waals surface area contributed by atoms with Crippen LogP contribution in [0, 0.1) is 0 Å². The Kier molecular flexibility index (Phi) is 7.27. The molecule has 1 fully saturated rings. The number of hydrogen-bond donors (Lipinski definition) is 2. The van der Waals surface area contributed by atoms with Gasteiger partial charge < -0.3 is 10.6 Å². The third-order valence-electron chi connectivity index (χ3n) is 5.18. The average molecular weight is 466 g/mol. The average Bonchev–Trinajstić information content (AvgIpc) is 3.48. The van der Waals surface area contributed by atoms with Crippen molar-refractivity contribution in [1.82, 2.24) is 10.3 Å². The molecule has 0 bridgehead atoms. The van der Waals surface area contributed by atoms with E-state index in [1.807, 2.05) is 0 Å². The number of thiazole rings is 1. The maximum atomic E-state index is 12.3. The van der Waals surface area contributed by atoms with Crippen LogP contribution >= 0.6 is 23.1 Å². The molecule has 0 radical (unpaired) electrons. The largest absolute Gasteiger partial charge is 0.349 e. The summed E-state index contributed by atoms with van der Waals surface area (Å²) in [5.74, 6) is 1.35. The highest BCUT2D eigenvalue weighted by molar-refractivity contribution is 7.99. The maximum absolute atomic E-state index is 12.3. The van der Waals surface area contributed by atoms with Crippen molar-refractivity contribution in [2.24, 2.45) is 0 Å². The Morgan fingerprint density at radius 1 is 1.16 bits per heavy atom. The number of carbonyl (C=O) groups excluding carboxylic acids is 2. The van der Waals surface area contributed by atoms with Crippen LogP contribution in [0.25, 0.3) is 10.6 Å². The summed E-state index contributed by atoms with van der Waals surface area (Å²) >= 11 is 3.16. The van der Waals surface area contributed by atoms with Crippen molar-refractivity contribution in [3.05, 3.63) is 70.7 Å². The number of anilines is 1. The fraction of sp³-hybridized carbons (Fsp3) is 0.320. The van der Waals surface area contributed by atoms with Crippen molar-refractivity contribution in [1.29, 1.82) is 0 Å². The zero-order valence-corrected chi connectivity index (χ0v) is 19.9. The second kappa shape index (κ2) is 10.3. The molecule has 2 N–H and O–H groups in total. The van der Waals surface area contributed by atoms with Gasteiger partial charge >= 0.3 is 0 Å². The van der Waals surface area contributed by atoms with Crippen molar-refractivity contribution < 1.29 is 9.59 Å². The summed E-state index contributed by atoms with van der Waals surface area (Å²) in [5.41, 5.74) is 4.63. The zero-order chi connectivity index (χ0) is 22.5. The number of nitrogens with zero attached hydrogens (tertiary/aromatic N) is 1. The van der Waals surface area contributed by atoms with Gasteiger partial charge in [0, 0.05) is 34.0 Å². The summed E-state index contributed by atoms with van der Waals surface area (Å²) in [6.07, 6.45) is 2.09. The first-order chi connectivity index (χ1) is 15.5. The first kappa shape index (κ1) is 22.6. The first-order valence-corrected chi connectivity index (χ1v) is 12.8. The summed E-state index contributed by atoms with van der Waals surface area (Å²) in [4.78, 5) is 29.2. The normalized spacial score (nSPS) is 13.2. The first-order valence-electron chi connectivity index (χ1n) is 10.8. The van der Waals surface area contributed by atoms with E-state index in [2.05, 4.69) is 54.1 Å². The van der Waals surface area contributed by atoms with Crippen LogP contribution in [0.1, 0.15) is 54.2 Å². The quantitative estimate of drug-likeness (QED) is 0.425. The zero-order valence-electron chi connectivity index (χ0n) is 18.3. The number of aromatic nitrogens is 1.